The highest BCUT2D eigenvalue weighted by Gasteiger charge is 2.27. The number of halogens is 1. The average molecular weight is 437 g/mol. The first-order valence-corrected chi connectivity index (χ1v) is 11.5. The molecule has 1 aromatic carbocycles. The maximum atomic E-state index is 14.5. The quantitative estimate of drug-likeness (QED) is 0.420. The van der Waals surface area contributed by atoms with Crippen molar-refractivity contribution in [1.29, 1.82) is 0 Å². The molecule has 29 heavy (non-hydrogen) atoms. The third-order valence-electron chi connectivity index (χ3n) is 4.57. The Morgan fingerprint density at radius 3 is 2.72 bits per heavy atom. The Balaban J connectivity index is 2.11. The molecule has 0 saturated heterocycles. The zero-order valence-corrected chi connectivity index (χ0v) is 17.7. The van der Waals surface area contributed by atoms with Gasteiger partial charge >= 0.3 is 5.97 Å². The van der Waals surface area contributed by atoms with Crippen molar-refractivity contribution in [2.45, 2.75) is 42.9 Å². The van der Waals surface area contributed by atoms with Gasteiger partial charge in [0.2, 0.25) is 0 Å². The zero-order chi connectivity index (χ0) is 21.2. The molecule has 6 nitrogen and oxygen atoms in total. The normalized spacial score (nSPS) is 11.8. The number of pyridine rings is 1. The lowest BCUT2D eigenvalue weighted by Gasteiger charge is -2.11. The Morgan fingerprint density at radius 2 is 2.07 bits per heavy atom. The largest absolute Gasteiger partial charge is 0.481 e. The molecule has 0 radical (unpaired) electrons. The lowest BCUT2D eigenvalue weighted by molar-refractivity contribution is -0.136. The van der Waals surface area contributed by atoms with Crippen LogP contribution in [-0.4, -0.2) is 34.2 Å². The highest BCUT2D eigenvalue weighted by molar-refractivity contribution is 7.99. The van der Waals surface area contributed by atoms with Crippen LogP contribution in [0.5, 0.6) is 0 Å². The molecule has 0 aliphatic heterocycles. The van der Waals surface area contributed by atoms with Crippen LogP contribution in [0.25, 0.3) is 11.0 Å². The molecule has 154 valence electrons. The summed E-state index contributed by atoms with van der Waals surface area (Å²) in [6.07, 6.45) is 3.04. The van der Waals surface area contributed by atoms with E-state index >= 15 is 0 Å². The SMILES string of the molecule is CCCCSc1ccc(S(=O)(=O)n2c(C)c(CC(=O)O)c3cccnc32)cc1F. The standard InChI is InChI=1S/C20H21FN2O4S2/c1-3-4-10-28-18-8-7-14(11-17(18)21)29(26,27)23-13(2)16(12-19(24)25)15-6-5-9-22-20(15)23/h5-9,11H,3-4,10,12H2,1-2H3,(H,24,25). The predicted octanol–water partition coefficient (Wildman–Crippen LogP) is 4.24. The van der Waals surface area contributed by atoms with Crippen molar-refractivity contribution in [3.63, 3.8) is 0 Å². The third-order valence-corrected chi connectivity index (χ3v) is 7.48. The topological polar surface area (TPSA) is 89.3 Å². The number of aliphatic carboxylic acids is 1. The first-order valence-electron chi connectivity index (χ1n) is 9.12. The fourth-order valence-corrected chi connectivity index (χ4v) is 5.69. The second-order valence-corrected chi connectivity index (χ2v) is 9.50. The third kappa shape index (κ3) is 4.16. The van der Waals surface area contributed by atoms with Gasteiger partial charge in [-0.3, -0.25) is 4.79 Å². The lowest BCUT2D eigenvalue weighted by atomic mass is 10.1. The van der Waals surface area contributed by atoms with Crippen molar-refractivity contribution < 1.29 is 22.7 Å². The predicted molar refractivity (Wildman–Crippen MR) is 110 cm³/mol. The van der Waals surface area contributed by atoms with Crippen LogP contribution in [0.2, 0.25) is 0 Å². The molecule has 0 atom stereocenters. The summed E-state index contributed by atoms with van der Waals surface area (Å²) in [6, 6.07) is 7.10. The average Bonchev–Trinajstić information content (AvgIpc) is 2.95. The number of carboxylic acid groups (broad SMARTS) is 1. The van der Waals surface area contributed by atoms with Crippen LogP contribution in [-0.2, 0) is 21.2 Å². The number of thioether (sulfide) groups is 1. The molecular formula is C20H21FN2O4S2. The van der Waals surface area contributed by atoms with E-state index in [1.54, 1.807) is 12.1 Å². The smallest absolute Gasteiger partial charge is 0.307 e. The second kappa shape index (κ2) is 8.54. The molecule has 2 aromatic heterocycles. The number of aromatic nitrogens is 2. The van der Waals surface area contributed by atoms with Crippen LogP contribution in [0.15, 0.2) is 46.3 Å². The Kier molecular flexibility index (Phi) is 6.28. The highest BCUT2D eigenvalue weighted by atomic mass is 32.2. The number of hydrogen-bond acceptors (Lipinski definition) is 5. The highest BCUT2D eigenvalue weighted by Crippen LogP contribution is 2.31. The molecule has 3 rings (SSSR count). The summed E-state index contributed by atoms with van der Waals surface area (Å²) >= 11 is 1.35. The monoisotopic (exact) mass is 436 g/mol. The Labute approximate surface area is 172 Å². The molecule has 0 bridgehead atoms. The first-order chi connectivity index (χ1) is 13.8. The summed E-state index contributed by atoms with van der Waals surface area (Å²) in [5.41, 5.74) is 0.752. The van der Waals surface area contributed by atoms with Crippen molar-refractivity contribution in [3.8, 4) is 0 Å². The molecule has 2 heterocycles. The minimum atomic E-state index is -4.16. The summed E-state index contributed by atoms with van der Waals surface area (Å²) < 4.78 is 42.1. The summed E-state index contributed by atoms with van der Waals surface area (Å²) in [4.78, 5) is 15.6. The van der Waals surface area contributed by atoms with Gasteiger partial charge in [0.05, 0.1) is 11.3 Å². The van der Waals surface area contributed by atoms with Crippen LogP contribution in [0.4, 0.5) is 4.39 Å². The molecule has 0 fully saturated rings. The van der Waals surface area contributed by atoms with E-state index in [0.717, 1.165) is 28.6 Å². The Bertz CT molecular complexity index is 1170. The fourth-order valence-electron chi connectivity index (χ4n) is 3.13. The van der Waals surface area contributed by atoms with Crippen molar-refractivity contribution in [2.24, 2.45) is 0 Å². The molecule has 0 saturated carbocycles. The van der Waals surface area contributed by atoms with Crippen molar-refractivity contribution in [2.75, 3.05) is 5.75 Å². The van der Waals surface area contributed by atoms with E-state index in [1.807, 2.05) is 6.92 Å². The fraction of sp³-hybridized carbons (Fsp3) is 0.300. The molecule has 0 spiro atoms. The van der Waals surface area contributed by atoms with E-state index in [4.69, 9.17) is 0 Å². The van der Waals surface area contributed by atoms with Crippen molar-refractivity contribution in [1.82, 2.24) is 8.96 Å². The van der Waals surface area contributed by atoms with Gasteiger partial charge in [0.15, 0.2) is 5.65 Å². The van der Waals surface area contributed by atoms with E-state index < -0.39 is 21.8 Å². The maximum absolute atomic E-state index is 14.5. The van der Waals surface area contributed by atoms with Gasteiger partial charge in [-0.05, 0) is 55.0 Å². The van der Waals surface area contributed by atoms with E-state index in [1.165, 1.54) is 37.0 Å². The van der Waals surface area contributed by atoms with Crippen molar-refractivity contribution >= 4 is 38.8 Å². The molecule has 0 unspecified atom stereocenters. The van der Waals surface area contributed by atoms with Gasteiger partial charge in [0.25, 0.3) is 10.0 Å². The van der Waals surface area contributed by atoms with Gasteiger partial charge in [-0.15, -0.1) is 11.8 Å². The van der Waals surface area contributed by atoms with Gasteiger partial charge in [-0.1, -0.05) is 13.3 Å². The summed E-state index contributed by atoms with van der Waals surface area (Å²) in [5, 5.41) is 9.65. The van der Waals surface area contributed by atoms with E-state index in [2.05, 4.69) is 4.98 Å². The first kappa shape index (κ1) is 21.3. The van der Waals surface area contributed by atoms with Gasteiger partial charge in [0, 0.05) is 22.2 Å². The van der Waals surface area contributed by atoms with Gasteiger partial charge < -0.3 is 5.11 Å². The molecule has 3 aromatic rings. The minimum Gasteiger partial charge on any atom is -0.481 e. The van der Waals surface area contributed by atoms with Crippen molar-refractivity contribution in [3.05, 3.63) is 53.6 Å². The van der Waals surface area contributed by atoms with Crippen LogP contribution >= 0.6 is 11.8 Å². The number of benzene rings is 1. The number of carbonyl (C=O) groups is 1. The molecule has 0 aliphatic rings. The summed E-state index contributed by atoms with van der Waals surface area (Å²) in [7, 11) is -4.16. The van der Waals surface area contributed by atoms with E-state index in [0.29, 0.717) is 15.8 Å². The zero-order valence-electron chi connectivity index (χ0n) is 16.1. The summed E-state index contributed by atoms with van der Waals surface area (Å²) in [5.74, 6) is -0.920. The van der Waals surface area contributed by atoms with E-state index in [9.17, 15) is 22.7 Å². The molecule has 0 aliphatic carbocycles. The summed E-state index contributed by atoms with van der Waals surface area (Å²) in [6.45, 7) is 3.58. The lowest BCUT2D eigenvalue weighted by Crippen LogP contribution is -2.16. The number of hydrogen-bond donors (Lipinski definition) is 1. The van der Waals surface area contributed by atoms with Gasteiger partial charge in [0.1, 0.15) is 5.82 Å². The molecule has 9 heteroatoms. The number of fused-ring (bicyclic) bond motifs is 1. The van der Waals surface area contributed by atoms with Crippen LogP contribution in [0.1, 0.15) is 31.0 Å². The number of unbranched alkanes of at least 4 members (excludes halogenated alkanes) is 1. The van der Waals surface area contributed by atoms with Gasteiger partial charge in [-0.25, -0.2) is 21.8 Å². The van der Waals surface area contributed by atoms with Crippen LogP contribution in [0, 0.1) is 12.7 Å². The minimum absolute atomic E-state index is 0.128. The molecule has 1 N–H and O–H groups in total. The number of rotatable bonds is 8. The number of carboxylic acids is 1. The van der Waals surface area contributed by atoms with E-state index in [-0.39, 0.29) is 22.7 Å². The van der Waals surface area contributed by atoms with Crippen LogP contribution < -0.4 is 0 Å². The second-order valence-electron chi connectivity index (χ2n) is 6.57. The Hall–Kier alpha value is -2.39. The van der Waals surface area contributed by atoms with Crippen LogP contribution in [0.3, 0.4) is 0 Å². The maximum Gasteiger partial charge on any atom is 0.307 e. The van der Waals surface area contributed by atoms with Gasteiger partial charge in [-0.2, -0.15) is 0 Å². The Morgan fingerprint density at radius 1 is 1.31 bits per heavy atom. The molecular weight excluding hydrogens is 415 g/mol. The molecule has 0 amide bonds. The number of nitrogens with zero attached hydrogens (tertiary/aromatic N) is 2.